The SMILES string of the molecule is Cn1cnc(C(=O)O)c1S(N)(=O)=O. The molecule has 0 unspecified atom stereocenters. The number of nitrogens with two attached hydrogens (primary N) is 1. The molecular formula is C5H7N3O4S. The fourth-order valence-electron chi connectivity index (χ4n) is 0.901. The number of carboxylic acids is 1. The minimum absolute atomic E-state index is 0.500. The molecule has 0 saturated heterocycles. The van der Waals surface area contributed by atoms with Crippen LogP contribution in [0.3, 0.4) is 0 Å². The molecule has 13 heavy (non-hydrogen) atoms. The molecule has 0 aliphatic rings. The summed E-state index contributed by atoms with van der Waals surface area (Å²) in [5.74, 6) is -1.43. The zero-order chi connectivity index (χ0) is 10.2. The molecule has 3 N–H and O–H groups in total. The van der Waals surface area contributed by atoms with Gasteiger partial charge < -0.3 is 9.67 Å². The van der Waals surface area contributed by atoms with Gasteiger partial charge in [0, 0.05) is 7.05 Å². The monoisotopic (exact) mass is 205 g/mol. The molecule has 0 amide bonds. The number of imidazole rings is 1. The van der Waals surface area contributed by atoms with Crippen LogP contribution < -0.4 is 5.14 Å². The number of nitrogens with zero attached hydrogens (tertiary/aromatic N) is 2. The highest BCUT2D eigenvalue weighted by Gasteiger charge is 2.24. The molecule has 7 nitrogen and oxygen atoms in total. The highest BCUT2D eigenvalue weighted by Crippen LogP contribution is 2.10. The number of aryl methyl sites for hydroxylation is 1. The van der Waals surface area contributed by atoms with Crippen LogP contribution in [-0.4, -0.2) is 29.0 Å². The van der Waals surface area contributed by atoms with E-state index in [4.69, 9.17) is 10.2 Å². The first kappa shape index (κ1) is 9.68. The van der Waals surface area contributed by atoms with Crippen LogP contribution in [0.15, 0.2) is 11.4 Å². The van der Waals surface area contributed by atoms with Crippen LogP contribution in [0.5, 0.6) is 0 Å². The van der Waals surface area contributed by atoms with Crippen LogP contribution in [0.2, 0.25) is 0 Å². The molecule has 0 fully saturated rings. The van der Waals surface area contributed by atoms with Crippen molar-refractivity contribution in [2.45, 2.75) is 5.03 Å². The Morgan fingerprint density at radius 2 is 2.23 bits per heavy atom. The van der Waals surface area contributed by atoms with Gasteiger partial charge in [-0.3, -0.25) is 0 Å². The maximum Gasteiger partial charge on any atom is 0.357 e. The van der Waals surface area contributed by atoms with Gasteiger partial charge in [0.25, 0.3) is 10.0 Å². The molecule has 72 valence electrons. The predicted molar refractivity (Wildman–Crippen MR) is 41.5 cm³/mol. The first-order valence-electron chi connectivity index (χ1n) is 3.11. The summed E-state index contributed by atoms with van der Waals surface area (Å²) < 4.78 is 22.8. The second-order valence-electron chi connectivity index (χ2n) is 2.36. The van der Waals surface area contributed by atoms with E-state index in [9.17, 15) is 13.2 Å². The number of aromatic nitrogens is 2. The maximum atomic E-state index is 10.9. The van der Waals surface area contributed by atoms with Gasteiger partial charge in [-0.25, -0.2) is 23.3 Å². The van der Waals surface area contributed by atoms with Gasteiger partial charge in [-0.05, 0) is 0 Å². The minimum atomic E-state index is -4.05. The van der Waals surface area contributed by atoms with Crippen molar-refractivity contribution in [3.8, 4) is 0 Å². The van der Waals surface area contributed by atoms with Crippen molar-refractivity contribution in [2.75, 3.05) is 0 Å². The lowest BCUT2D eigenvalue weighted by Crippen LogP contribution is -2.19. The number of aromatic carboxylic acids is 1. The third-order valence-electron chi connectivity index (χ3n) is 1.36. The molecule has 1 heterocycles. The average molecular weight is 205 g/mol. The third-order valence-corrected chi connectivity index (χ3v) is 2.38. The second kappa shape index (κ2) is 2.82. The molecule has 0 aliphatic carbocycles. The maximum absolute atomic E-state index is 10.9. The van der Waals surface area contributed by atoms with E-state index >= 15 is 0 Å². The van der Waals surface area contributed by atoms with Crippen molar-refractivity contribution in [2.24, 2.45) is 12.2 Å². The van der Waals surface area contributed by atoms with E-state index in [2.05, 4.69) is 4.98 Å². The van der Waals surface area contributed by atoms with Crippen molar-refractivity contribution in [3.05, 3.63) is 12.0 Å². The molecule has 0 atom stereocenters. The minimum Gasteiger partial charge on any atom is -0.476 e. The van der Waals surface area contributed by atoms with Crippen molar-refractivity contribution >= 4 is 16.0 Å². The number of carboxylic acid groups (broad SMARTS) is 1. The van der Waals surface area contributed by atoms with Crippen LogP contribution in [0, 0.1) is 0 Å². The van der Waals surface area contributed by atoms with Crippen LogP contribution in [0.1, 0.15) is 10.5 Å². The van der Waals surface area contributed by atoms with Crippen LogP contribution in [0.25, 0.3) is 0 Å². The lowest BCUT2D eigenvalue weighted by molar-refractivity contribution is 0.0686. The number of hydrogen-bond acceptors (Lipinski definition) is 4. The zero-order valence-corrected chi connectivity index (χ0v) is 7.45. The van der Waals surface area contributed by atoms with Gasteiger partial charge in [0.05, 0.1) is 6.33 Å². The molecule has 8 heteroatoms. The van der Waals surface area contributed by atoms with Gasteiger partial charge in [-0.2, -0.15) is 0 Å². The molecular weight excluding hydrogens is 198 g/mol. The molecule has 0 saturated carbocycles. The number of hydrogen-bond donors (Lipinski definition) is 2. The standard InChI is InChI=1S/C5H7N3O4S/c1-8-2-7-3(5(9)10)4(8)13(6,11)12/h2H,1H3,(H,9,10)(H2,6,11,12). The van der Waals surface area contributed by atoms with Gasteiger partial charge in [0.2, 0.25) is 0 Å². The topological polar surface area (TPSA) is 115 Å². The Balaban J connectivity index is 3.51. The Morgan fingerprint density at radius 1 is 1.69 bits per heavy atom. The van der Waals surface area contributed by atoms with Crippen molar-refractivity contribution in [1.82, 2.24) is 9.55 Å². The quantitative estimate of drug-likeness (QED) is 0.626. The van der Waals surface area contributed by atoms with Crippen molar-refractivity contribution < 1.29 is 18.3 Å². The highest BCUT2D eigenvalue weighted by molar-refractivity contribution is 7.89. The van der Waals surface area contributed by atoms with E-state index in [1.54, 1.807) is 0 Å². The highest BCUT2D eigenvalue weighted by atomic mass is 32.2. The van der Waals surface area contributed by atoms with Crippen LogP contribution in [0.4, 0.5) is 0 Å². The molecule has 0 aromatic carbocycles. The summed E-state index contributed by atoms with van der Waals surface area (Å²) in [7, 11) is -2.70. The lowest BCUT2D eigenvalue weighted by Gasteiger charge is -1.99. The Labute approximate surface area is 73.9 Å². The van der Waals surface area contributed by atoms with Crippen LogP contribution in [-0.2, 0) is 17.1 Å². The first-order chi connectivity index (χ1) is 5.84. The molecule has 0 radical (unpaired) electrons. The largest absolute Gasteiger partial charge is 0.476 e. The number of primary sulfonamides is 1. The smallest absolute Gasteiger partial charge is 0.357 e. The summed E-state index contributed by atoms with van der Waals surface area (Å²) in [6.07, 6.45) is 1.07. The zero-order valence-electron chi connectivity index (χ0n) is 6.63. The summed E-state index contributed by atoms with van der Waals surface area (Å²) in [6.45, 7) is 0. The summed E-state index contributed by atoms with van der Waals surface area (Å²) in [4.78, 5) is 13.9. The van der Waals surface area contributed by atoms with Gasteiger partial charge >= 0.3 is 5.97 Å². The van der Waals surface area contributed by atoms with Crippen LogP contribution >= 0.6 is 0 Å². The summed E-state index contributed by atoms with van der Waals surface area (Å²) in [5.41, 5.74) is -0.565. The molecule has 1 aromatic heterocycles. The molecule has 0 bridgehead atoms. The van der Waals surface area contributed by atoms with E-state index in [0.717, 1.165) is 10.9 Å². The Morgan fingerprint density at radius 3 is 2.54 bits per heavy atom. The Kier molecular flexibility index (Phi) is 2.10. The van der Waals surface area contributed by atoms with Gasteiger partial charge in [-0.1, -0.05) is 0 Å². The molecule has 1 rings (SSSR count). The normalized spacial score (nSPS) is 11.5. The molecule has 0 spiro atoms. The summed E-state index contributed by atoms with van der Waals surface area (Å²) in [5, 5.41) is 12.8. The summed E-state index contributed by atoms with van der Waals surface area (Å²) >= 11 is 0. The Bertz CT molecular complexity index is 446. The molecule has 1 aromatic rings. The number of rotatable bonds is 2. The predicted octanol–water partition coefficient (Wildman–Crippen LogP) is -1.23. The third kappa shape index (κ3) is 1.68. The first-order valence-corrected chi connectivity index (χ1v) is 4.66. The summed E-state index contributed by atoms with van der Waals surface area (Å²) in [6, 6.07) is 0. The van der Waals surface area contributed by atoms with Crippen molar-refractivity contribution in [3.63, 3.8) is 0 Å². The van der Waals surface area contributed by atoms with Gasteiger partial charge in [0.1, 0.15) is 0 Å². The fourth-order valence-corrected chi connectivity index (χ4v) is 1.76. The van der Waals surface area contributed by atoms with Crippen molar-refractivity contribution in [1.29, 1.82) is 0 Å². The lowest BCUT2D eigenvalue weighted by atomic mass is 10.5. The van der Waals surface area contributed by atoms with E-state index in [1.165, 1.54) is 7.05 Å². The second-order valence-corrected chi connectivity index (χ2v) is 3.84. The van der Waals surface area contributed by atoms with E-state index < -0.39 is 26.7 Å². The number of carbonyl (C=O) groups is 1. The molecule has 0 aliphatic heterocycles. The van der Waals surface area contributed by atoms with E-state index in [1.807, 2.05) is 0 Å². The van der Waals surface area contributed by atoms with Gasteiger partial charge in [0.15, 0.2) is 10.7 Å². The number of sulfonamides is 1. The Hall–Kier alpha value is -1.41. The van der Waals surface area contributed by atoms with E-state index in [0.29, 0.717) is 0 Å². The van der Waals surface area contributed by atoms with Gasteiger partial charge in [-0.15, -0.1) is 0 Å². The van der Waals surface area contributed by atoms with E-state index in [-0.39, 0.29) is 0 Å². The average Bonchev–Trinajstić information content (AvgIpc) is 2.28. The fraction of sp³-hybridized carbons (Fsp3) is 0.200.